The first-order chi connectivity index (χ1) is 9.38. The van der Waals surface area contributed by atoms with Crippen LogP contribution in [0.5, 0.6) is 0 Å². The number of nitrogens with one attached hydrogen (secondary N) is 2. The van der Waals surface area contributed by atoms with Crippen LogP contribution in [0.15, 0.2) is 23.1 Å². The summed E-state index contributed by atoms with van der Waals surface area (Å²) in [6.45, 7) is 7.76. The summed E-state index contributed by atoms with van der Waals surface area (Å²) in [7, 11) is 0. The Hall–Kier alpha value is -1.62. The minimum absolute atomic E-state index is 0.0653. The van der Waals surface area contributed by atoms with Crippen LogP contribution >= 0.6 is 0 Å². The number of carbonyl (C=O) groups is 1. The summed E-state index contributed by atoms with van der Waals surface area (Å²) in [5.41, 5.74) is 0.185. The van der Waals surface area contributed by atoms with Crippen LogP contribution in [0.4, 0.5) is 0 Å². The number of H-pyrrole nitrogens is 1. The Morgan fingerprint density at radius 2 is 2.25 bits per heavy atom. The highest BCUT2D eigenvalue weighted by molar-refractivity contribution is 5.93. The molecule has 20 heavy (non-hydrogen) atoms. The lowest BCUT2D eigenvalue weighted by Crippen LogP contribution is -2.38. The molecular formula is C15H22N2O3. The van der Waals surface area contributed by atoms with Gasteiger partial charge in [-0.25, -0.2) is 0 Å². The molecule has 0 spiro atoms. The Morgan fingerprint density at radius 3 is 2.90 bits per heavy atom. The SMILES string of the molecule is CC(C)(C)[C@H]1OCC[C@@H]1CNC(=O)c1cc[nH]c(=O)c1. The van der Waals surface area contributed by atoms with Gasteiger partial charge in [-0.05, 0) is 17.9 Å². The molecule has 2 N–H and O–H groups in total. The van der Waals surface area contributed by atoms with Crippen molar-refractivity contribution in [1.29, 1.82) is 0 Å². The average molecular weight is 278 g/mol. The maximum Gasteiger partial charge on any atom is 0.251 e. The predicted molar refractivity (Wildman–Crippen MR) is 76.7 cm³/mol. The summed E-state index contributed by atoms with van der Waals surface area (Å²) >= 11 is 0. The number of amides is 1. The average Bonchev–Trinajstić information content (AvgIpc) is 2.84. The fourth-order valence-electron chi connectivity index (χ4n) is 2.71. The normalized spacial score (nSPS) is 22.8. The zero-order valence-corrected chi connectivity index (χ0v) is 12.2. The van der Waals surface area contributed by atoms with Crippen molar-refractivity contribution >= 4 is 5.91 Å². The Morgan fingerprint density at radius 1 is 1.50 bits per heavy atom. The van der Waals surface area contributed by atoms with E-state index in [2.05, 4.69) is 31.1 Å². The van der Waals surface area contributed by atoms with Gasteiger partial charge in [0.2, 0.25) is 5.56 Å². The van der Waals surface area contributed by atoms with Crippen molar-refractivity contribution < 1.29 is 9.53 Å². The molecular weight excluding hydrogens is 256 g/mol. The van der Waals surface area contributed by atoms with Crippen LogP contribution in [0, 0.1) is 11.3 Å². The first-order valence-electron chi connectivity index (χ1n) is 6.96. The number of aromatic amines is 1. The molecule has 5 nitrogen and oxygen atoms in total. The van der Waals surface area contributed by atoms with E-state index in [-0.39, 0.29) is 23.0 Å². The number of aromatic nitrogens is 1. The van der Waals surface area contributed by atoms with E-state index < -0.39 is 0 Å². The van der Waals surface area contributed by atoms with Crippen molar-refractivity contribution in [3.05, 3.63) is 34.2 Å². The zero-order chi connectivity index (χ0) is 14.8. The number of hydrogen-bond donors (Lipinski definition) is 2. The highest BCUT2D eigenvalue weighted by atomic mass is 16.5. The maximum atomic E-state index is 12.0. The molecule has 0 aromatic carbocycles. The molecule has 1 amide bonds. The Bertz CT molecular complexity index is 530. The van der Waals surface area contributed by atoms with E-state index in [1.807, 2.05) is 0 Å². The van der Waals surface area contributed by atoms with Gasteiger partial charge in [0.1, 0.15) is 0 Å². The van der Waals surface area contributed by atoms with Crippen LogP contribution in [-0.2, 0) is 4.74 Å². The molecule has 1 saturated heterocycles. The number of pyridine rings is 1. The molecule has 0 aliphatic carbocycles. The molecule has 1 aromatic rings. The van der Waals surface area contributed by atoms with E-state index in [0.29, 0.717) is 18.0 Å². The molecule has 2 rings (SSSR count). The quantitative estimate of drug-likeness (QED) is 0.881. The second-order valence-electron chi connectivity index (χ2n) is 6.36. The van der Waals surface area contributed by atoms with Gasteiger partial charge in [-0.2, -0.15) is 0 Å². The Kier molecular flexibility index (Phi) is 4.28. The second-order valence-corrected chi connectivity index (χ2v) is 6.36. The molecule has 0 bridgehead atoms. The molecule has 1 fully saturated rings. The fourth-order valence-corrected chi connectivity index (χ4v) is 2.71. The number of carbonyl (C=O) groups excluding carboxylic acids is 1. The first kappa shape index (κ1) is 14.8. The van der Waals surface area contributed by atoms with Gasteiger partial charge in [0, 0.05) is 36.9 Å². The molecule has 1 aromatic heterocycles. The molecule has 1 aliphatic heterocycles. The molecule has 1 aliphatic rings. The summed E-state index contributed by atoms with van der Waals surface area (Å²) in [5.74, 6) is 0.108. The summed E-state index contributed by atoms with van der Waals surface area (Å²) in [6.07, 6.45) is 2.59. The number of ether oxygens (including phenoxy) is 1. The van der Waals surface area contributed by atoms with Gasteiger partial charge < -0.3 is 15.0 Å². The molecule has 5 heteroatoms. The second kappa shape index (κ2) is 5.79. The summed E-state index contributed by atoms with van der Waals surface area (Å²) in [6, 6.07) is 2.91. The Labute approximate surface area is 118 Å². The van der Waals surface area contributed by atoms with Crippen LogP contribution in [-0.4, -0.2) is 30.1 Å². The van der Waals surface area contributed by atoms with Gasteiger partial charge in [-0.3, -0.25) is 9.59 Å². The minimum Gasteiger partial charge on any atom is -0.377 e. The lowest BCUT2D eigenvalue weighted by atomic mass is 9.81. The van der Waals surface area contributed by atoms with E-state index in [0.717, 1.165) is 13.0 Å². The number of rotatable bonds is 3. The van der Waals surface area contributed by atoms with E-state index in [9.17, 15) is 9.59 Å². The van der Waals surface area contributed by atoms with Crippen LogP contribution < -0.4 is 10.9 Å². The van der Waals surface area contributed by atoms with Crippen LogP contribution in [0.25, 0.3) is 0 Å². The van der Waals surface area contributed by atoms with Gasteiger partial charge in [-0.15, -0.1) is 0 Å². The lowest BCUT2D eigenvalue weighted by molar-refractivity contribution is 0.00737. The fraction of sp³-hybridized carbons (Fsp3) is 0.600. The van der Waals surface area contributed by atoms with Gasteiger partial charge in [0.15, 0.2) is 0 Å². The Balaban J connectivity index is 1.95. The molecule has 2 heterocycles. The molecule has 0 radical (unpaired) electrons. The van der Waals surface area contributed by atoms with E-state index >= 15 is 0 Å². The monoisotopic (exact) mass is 278 g/mol. The topological polar surface area (TPSA) is 71.2 Å². The summed E-state index contributed by atoms with van der Waals surface area (Å²) in [4.78, 5) is 25.7. The predicted octanol–water partition coefficient (Wildman–Crippen LogP) is 1.56. The highest BCUT2D eigenvalue weighted by Gasteiger charge is 2.37. The van der Waals surface area contributed by atoms with Gasteiger partial charge in [0.25, 0.3) is 5.91 Å². The van der Waals surface area contributed by atoms with Crippen molar-refractivity contribution in [1.82, 2.24) is 10.3 Å². The van der Waals surface area contributed by atoms with Crippen LogP contribution in [0.1, 0.15) is 37.6 Å². The highest BCUT2D eigenvalue weighted by Crippen LogP contribution is 2.34. The van der Waals surface area contributed by atoms with Crippen molar-refractivity contribution in [3.8, 4) is 0 Å². The van der Waals surface area contributed by atoms with E-state index in [4.69, 9.17) is 4.74 Å². The summed E-state index contributed by atoms with van der Waals surface area (Å²) in [5, 5.41) is 2.90. The molecule has 2 atom stereocenters. The van der Waals surface area contributed by atoms with Crippen LogP contribution in [0.2, 0.25) is 0 Å². The lowest BCUT2D eigenvalue weighted by Gasteiger charge is -2.31. The zero-order valence-electron chi connectivity index (χ0n) is 12.2. The van der Waals surface area contributed by atoms with Crippen LogP contribution in [0.3, 0.4) is 0 Å². The molecule has 0 saturated carbocycles. The van der Waals surface area contributed by atoms with Gasteiger partial charge in [0.05, 0.1) is 6.10 Å². The van der Waals surface area contributed by atoms with Crippen molar-refractivity contribution in [2.75, 3.05) is 13.2 Å². The third-order valence-corrected chi connectivity index (χ3v) is 3.63. The maximum absolute atomic E-state index is 12.0. The minimum atomic E-state index is -0.269. The van der Waals surface area contributed by atoms with Gasteiger partial charge >= 0.3 is 0 Å². The molecule has 110 valence electrons. The third kappa shape index (κ3) is 3.48. The van der Waals surface area contributed by atoms with E-state index in [1.165, 1.54) is 12.3 Å². The van der Waals surface area contributed by atoms with E-state index in [1.54, 1.807) is 6.07 Å². The smallest absolute Gasteiger partial charge is 0.251 e. The number of hydrogen-bond acceptors (Lipinski definition) is 3. The largest absolute Gasteiger partial charge is 0.377 e. The first-order valence-corrected chi connectivity index (χ1v) is 6.96. The standard InChI is InChI=1S/C15H22N2O3/c1-15(2,3)13-11(5-7-20-13)9-17-14(19)10-4-6-16-12(18)8-10/h4,6,8,11,13H,5,7,9H2,1-3H3,(H,16,18)(H,17,19)/t11-,13+/m1/s1. The summed E-state index contributed by atoms with van der Waals surface area (Å²) < 4.78 is 5.78. The van der Waals surface area contributed by atoms with Gasteiger partial charge in [-0.1, -0.05) is 20.8 Å². The van der Waals surface area contributed by atoms with Crippen molar-refractivity contribution in [3.63, 3.8) is 0 Å². The molecule has 0 unspecified atom stereocenters. The van der Waals surface area contributed by atoms with Crippen molar-refractivity contribution in [2.24, 2.45) is 11.3 Å². The van der Waals surface area contributed by atoms with Crippen molar-refractivity contribution in [2.45, 2.75) is 33.3 Å². The third-order valence-electron chi connectivity index (χ3n) is 3.63.